The quantitative estimate of drug-likeness (QED) is 0.567. The third-order valence-corrected chi connectivity index (χ3v) is 2.90. The van der Waals surface area contributed by atoms with Gasteiger partial charge in [0.2, 0.25) is 0 Å². The molecule has 0 radical (unpaired) electrons. The lowest BCUT2D eigenvalue weighted by atomic mass is 10.2. The molecule has 1 aliphatic heterocycles. The van der Waals surface area contributed by atoms with Gasteiger partial charge in [0, 0.05) is 21.9 Å². The number of hydrogen-bond acceptors (Lipinski definition) is 4. The molecule has 2 nitrogen and oxygen atoms in total. The molecular formula is C13H11NOS2. The van der Waals surface area contributed by atoms with Crippen molar-refractivity contribution in [2.75, 3.05) is 0 Å². The molecule has 3 rings (SSSR count). The van der Waals surface area contributed by atoms with Crippen LogP contribution in [0.1, 0.15) is 0 Å². The molecule has 2 heterocycles. The Morgan fingerprint density at radius 1 is 1.12 bits per heavy atom. The van der Waals surface area contributed by atoms with Gasteiger partial charge in [-0.1, -0.05) is 18.2 Å². The van der Waals surface area contributed by atoms with Crippen LogP contribution in [0.5, 0.6) is 0 Å². The minimum absolute atomic E-state index is 0.933. The Balaban J connectivity index is 0.000000153. The van der Waals surface area contributed by atoms with Crippen molar-refractivity contribution in [3.05, 3.63) is 60.4 Å². The Bertz CT molecular complexity index is 535. The van der Waals surface area contributed by atoms with Crippen molar-refractivity contribution in [1.82, 2.24) is 4.98 Å². The van der Waals surface area contributed by atoms with E-state index in [1.807, 2.05) is 47.9 Å². The number of benzene rings is 1. The topological polar surface area (TPSA) is 22.1 Å². The van der Waals surface area contributed by atoms with E-state index in [9.17, 15) is 0 Å². The second kappa shape index (κ2) is 6.37. The average Bonchev–Trinajstić information content (AvgIpc) is 2.42. The van der Waals surface area contributed by atoms with Crippen LogP contribution in [0, 0.1) is 0 Å². The van der Waals surface area contributed by atoms with E-state index >= 15 is 0 Å². The fourth-order valence-corrected chi connectivity index (χ4v) is 1.93. The SMILES string of the molecule is C1=COSC=C1.Sc1cccc2cccnc12. The van der Waals surface area contributed by atoms with Crippen LogP contribution >= 0.6 is 24.7 Å². The lowest BCUT2D eigenvalue weighted by molar-refractivity contribution is 0.569. The molecule has 1 aliphatic rings. The van der Waals surface area contributed by atoms with Crippen LogP contribution in [0.15, 0.2) is 65.2 Å². The summed E-state index contributed by atoms with van der Waals surface area (Å²) < 4.78 is 4.72. The molecule has 0 amide bonds. The molecule has 86 valence electrons. The number of rotatable bonds is 0. The van der Waals surface area contributed by atoms with Gasteiger partial charge in [-0.15, -0.1) is 12.6 Å². The number of allylic oxidation sites excluding steroid dienone is 2. The molecule has 0 saturated heterocycles. The van der Waals surface area contributed by atoms with Gasteiger partial charge in [-0.2, -0.15) is 0 Å². The Morgan fingerprint density at radius 3 is 2.59 bits per heavy atom. The highest BCUT2D eigenvalue weighted by Crippen LogP contribution is 2.18. The van der Waals surface area contributed by atoms with Gasteiger partial charge in [0.25, 0.3) is 0 Å². The van der Waals surface area contributed by atoms with Crippen molar-refractivity contribution in [3.8, 4) is 0 Å². The van der Waals surface area contributed by atoms with Gasteiger partial charge < -0.3 is 4.18 Å². The molecule has 0 aliphatic carbocycles. The zero-order valence-corrected chi connectivity index (χ0v) is 10.7. The first-order valence-corrected chi connectivity index (χ1v) is 6.29. The predicted octanol–water partition coefficient (Wildman–Crippen LogP) is 4.22. The summed E-state index contributed by atoms with van der Waals surface area (Å²) in [6, 6.07) is 9.91. The van der Waals surface area contributed by atoms with E-state index in [1.165, 1.54) is 12.0 Å². The fourth-order valence-electron chi connectivity index (χ4n) is 1.31. The van der Waals surface area contributed by atoms with Crippen molar-refractivity contribution in [2.45, 2.75) is 4.90 Å². The Hall–Kier alpha value is -1.39. The Labute approximate surface area is 110 Å². The first-order valence-electron chi connectivity index (χ1n) is 5.04. The zero-order chi connectivity index (χ0) is 11.9. The maximum absolute atomic E-state index is 4.72. The largest absolute Gasteiger partial charge is 0.429 e. The molecule has 0 saturated carbocycles. The standard InChI is InChI=1S/C9H7NS.C4H4OS/c11-8-5-1-3-7-4-2-6-10-9(7)8;1-2-4-6-5-3-1/h1-6,11H;1-4H. The van der Waals surface area contributed by atoms with Gasteiger partial charge in [-0.05, 0) is 24.3 Å². The van der Waals surface area contributed by atoms with Crippen molar-refractivity contribution >= 4 is 35.6 Å². The number of hydrogen-bond donors (Lipinski definition) is 1. The number of aromatic nitrogens is 1. The molecule has 0 fully saturated rings. The molecular weight excluding hydrogens is 250 g/mol. The van der Waals surface area contributed by atoms with E-state index in [1.54, 1.807) is 12.5 Å². The van der Waals surface area contributed by atoms with Crippen LogP contribution in [-0.4, -0.2) is 4.98 Å². The maximum atomic E-state index is 4.72. The van der Waals surface area contributed by atoms with Crippen molar-refractivity contribution < 1.29 is 4.18 Å². The summed E-state index contributed by atoms with van der Waals surface area (Å²) in [5, 5.41) is 3.01. The van der Waals surface area contributed by atoms with Crippen LogP contribution in [-0.2, 0) is 4.18 Å². The fraction of sp³-hybridized carbons (Fsp3) is 0. The molecule has 0 N–H and O–H groups in total. The smallest absolute Gasteiger partial charge is 0.101 e. The summed E-state index contributed by atoms with van der Waals surface area (Å²) in [4.78, 5) is 5.14. The summed E-state index contributed by atoms with van der Waals surface area (Å²) in [6.45, 7) is 0. The van der Waals surface area contributed by atoms with Crippen molar-refractivity contribution in [2.24, 2.45) is 0 Å². The molecule has 1 aromatic carbocycles. The molecule has 1 aromatic heterocycles. The van der Waals surface area contributed by atoms with Crippen molar-refractivity contribution in [1.29, 1.82) is 0 Å². The normalized spacial score (nSPS) is 12.8. The minimum Gasteiger partial charge on any atom is -0.429 e. The van der Waals surface area contributed by atoms with Gasteiger partial charge in [0.1, 0.15) is 6.26 Å². The second-order valence-electron chi connectivity index (χ2n) is 3.20. The highest BCUT2D eigenvalue weighted by molar-refractivity contribution is 7.97. The summed E-state index contributed by atoms with van der Waals surface area (Å²) in [6.07, 6.45) is 7.19. The Kier molecular flexibility index (Phi) is 4.53. The first kappa shape index (κ1) is 12.1. The molecule has 0 bridgehead atoms. The summed E-state index contributed by atoms with van der Waals surface area (Å²) in [5.41, 5.74) is 0.971. The van der Waals surface area contributed by atoms with Gasteiger partial charge >= 0.3 is 0 Å². The summed E-state index contributed by atoms with van der Waals surface area (Å²) in [5.74, 6) is 0. The van der Waals surface area contributed by atoms with E-state index in [0.29, 0.717) is 0 Å². The van der Waals surface area contributed by atoms with Crippen LogP contribution in [0.4, 0.5) is 0 Å². The average molecular weight is 261 g/mol. The Morgan fingerprint density at radius 2 is 2.00 bits per heavy atom. The lowest BCUT2D eigenvalue weighted by Crippen LogP contribution is -1.77. The van der Waals surface area contributed by atoms with E-state index in [-0.39, 0.29) is 0 Å². The van der Waals surface area contributed by atoms with Gasteiger partial charge in [-0.3, -0.25) is 4.98 Å². The summed E-state index contributed by atoms with van der Waals surface area (Å²) in [7, 11) is 0. The number of thiol groups is 1. The number of fused-ring (bicyclic) bond motifs is 1. The van der Waals surface area contributed by atoms with Gasteiger partial charge in [-0.25, -0.2) is 0 Å². The van der Waals surface area contributed by atoms with Gasteiger partial charge in [0.05, 0.1) is 17.6 Å². The second-order valence-corrected chi connectivity index (χ2v) is 4.34. The maximum Gasteiger partial charge on any atom is 0.101 e. The molecule has 0 spiro atoms. The van der Waals surface area contributed by atoms with Gasteiger partial charge in [0.15, 0.2) is 0 Å². The molecule has 0 unspecified atom stereocenters. The number of para-hydroxylation sites is 1. The number of pyridine rings is 1. The summed E-state index contributed by atoms with van der Waals surface area (Å²) >= 11 is 5.62. The lowest BCUT2D eigenvalue weighted by Gasteiger charge is -1.97. The van der Waals surface area contributed by atoms with Crippen LogP contribution in [0.2, 0.25) is 0 Å². The van der Waals surface area contributed by atoms with E-state index in [2.05, 4.69) is 17.6 Å². The van der Waals surface area contributed by atoms with E-state index < -0.39 is 0 Å². The zero-order valence-electron chi connectivity index (χ0n) is 8.98. The first-order chi connectivity index (χ1) is 8.38. The third-order valence-electron chi connectivity index (χ3n) is 2.05. The molecule has 2 aromatic rings. The van der Waals surface area contributed by atoms with Crippen molar-refractivity contribution in [3.63, 3.8) is 0 Å². The van der Waals surface area contributed by atoms with E-state index in [4.69, 9.17) is 4.18 Å². The molecule has 4 heteroatoms. The van der Waals surface area contributed by atoms with Crippen LogP contribution in [0.25, 0.3) is 10.9 Å². The third kappa shape index (κ3) is 3.54. The molecule has 17 heavy (non-hydrogen) atoms. The van der Waals surface area contributed by atoms with Crippen LogP contribution < -0.4 is 0 Å². The monoisotopic (exact) mass is 261 g/mol. The minimum atomic E-state index is 0.933. The highest BCUT2D eigenvalue weighted by atomic mass is 32.2. The highest BCUT2D eigenvalue weighted by Gasteiger charge is 1.94. The number of nitrogens with zero attached hydrogens (tertiary/aromatic N) is 1. The van der Waals surface area contributed by atoms with Crippen LogP contribution in [0.3, 0.4) is 0 Å². The van der Waals surface area contributed by atoms with E-state index in [0.717, 1.165) is 15.8 Å². The predicted molar refractivity (Wildman–Crippen MR) is 76.0 cm³/mol. The molecule has 0 atom stereocenters.